The molecule has 0 bridgehead atoms. The number of amides is 2. The van der Waals surface area contributed by atoms with Gasteiger partial charge in [0.2, 0.25) is 21.8 Å². The van der Waals surface area contributed by atoms with Crippen molar-refractivity contribution in [1.82, 2.24) is 14.5 Å². The lowest BCUT2D eigenvalue weighted by Crippen LogP contribution is -2.52. The Hall–Kier alpha value is -1.15. The zero-order valence-corrected chi connectivity index (χ0v) is 17.3. The summed E-state index contributed by atoms with van der Waals surface area (Å²) in [5.74, 6) is 0.0257. The quantitative estimate of drug-likeness (QED) is 0.785. The smallest absolute Gasteiger partial charge is 0.227 e. The molecule has 8 heteroatoms. The van der Waals surface area contributed by atoms with Gasteiger partial charge in [0, 0.05) is 37.6 Å². The molecule has 0 saturated carbocycles. The van der Waals surface area contributed by atoms with Gasteiger partial charge in [-0.1, -0.05) is 20.8 Å². The number of piperidine rings is 2. The zero-order valence-electron chi connectivity index (χ0n) is 16.5. The van der Waals surface area contributed by atoms with Crippen molar-refractivity contribution in [2.45, 2.75) is 59.4 Å². The molecule has 1 unspecified atom stereocenters. The van der Waals surface area contributed by atoms with Gasteiger partial charge >= 0.3 is 0 Å². The monoisotopic (exact) mass is 387 g/mol. The number of likely N-dealkylation sites (tertiary alicyclic amines) is 1. The van der Waals surface area contributed by atoms with Crippen molar-refractivity contribution in [3.8, 4) is 0 Å². The number of rotatable bonds is 4. The molecule has 2 heterocycles. The fraction of sp³-hybridized carbons (Fsp3) is 0.889. The molecule has 2 aliphatic rings. The largest absolute Gasteiger partial charge is 0.353 e. The summed E-state index contributed by atoms with van der Waals surface area (Å²) in [4.78, 5) is 26.9. The van der Waals surface area contributed by atoms with Gasteiger partial charge in [-0.3, -0.25) is 9.59 Å². The van der Waals surface area contributed by atoms with Gasteiger partial charge in [-0.25, -0.2) is 12.7 Å². The van der Waals surface area contributed by atoms with Crippen LogP contribution in [0.3, 0.4) is 0 Å². The normalized spacial score (nSPS) is 23.7. The third-order valence-electron chi connectivity index (χ3n) is 5.28. The maximum Gasteiger partial charge on any atom is 0.227 e. The van der Waals surface area contributed by atoms with E-state index in [1.54, 1.807) is 6.92 Å². The van der Waals surface area contributed by atoms with E-state index in [1.807, 2.05) is 25.7 Å². The van der Waals surface area contributed by atoms with E-state index in [4.69, 9.17) is 0 Å². The van der Waals surface area contributed by atoms with E-state index in [0.29, 0.717) is 39.0 Å². The molecule has 0 aromatic carbocycles. The molecule has 2 saturated heterocycles. The van der Waals surface area contributed by atoms with Crippen LogP contribution in [0.5, 0.6) is 0 Å². The minimum atomic E-state index is -3.15. The molecule has 0 aliphatic carbocycles. The molecule has 2 amide bonds. The third kappa shape index (κ3) is 5.19. The van der Waals surface area contributed by atoms with Gasteiger partial charge in [-0.15, -0.1) is 0 Å². The summed E-state index contributed by atoms with van der Waals surface area (Å²) in [6.45, 7) is 9.46. The fourth-order valence-corrected chi connectivity index (χ4v) is 4.76. The van der Waals surface area contributed by atoms with Crippen LogP contribution in [-0.2, 0) is 19.6 Å². The van der Waals surface area contributed by atoms with E-state index < -0.39 is 15.4 Å². The number of hydrogen-bond donors (Lipinski definition) is 1. The van der Waals surface area contributed by atoms with Gasteiger partial charge in [-0.05, 0) is 32.6 Å². The molecule has 26 heavy (non-hydrogen) atoms. The van der Waals surface area contributed by atoms with Crippen molar-refractivity contribution < 1.29 is 18.0 Å². The Kier molecular flexibility index (Phi) is 6.71. The first kappa shape index (κ1) is 21.2. The van der Waals surface area contributed by atoms with Crippen LogP contribution in [0.2, 0.25) is 0 Å². The molecule has 150 valence electrons. The second kappa shape index (κ2) is 8.25. The Morgan fingerprint density at radius 3 is 2.23 bits per heavy atom. The number of carbonyl (C=O) groups is 2. The van der Waals surface area contributed by atoms with Gasteiger partial charge in [0.25, 0.3) is 0 Å². The molecular formula is C18H33N3O4S. The van der Waals surface area contributed by atoms with Gasteiger partial charge in [-0.2, -0.15) is 0 Å². The predicted molar refractivity (Wildman–Crippen MR) is 101 cm³/mol. The van der Waals surface area contributed by atoms with E-state index >= 15 is 0 Å². The van der Waals surface area contributed by atoms with Gasteiger partial charge in [0.1, 0.15) is 0 Å². The molecule has 2 aliphatic heterocycles. The first-order valence-corrected chi connectivity index (χ1v) is 11.2. The van der Waals surface area contributed by atoms with Crippen LogP contribution in [0.4, 0.5) is 0 Å². The third-order valence-corrected chi connectivity index (χ3v) is 7.16. The first-order valence-electron chi connectivity index (χ1n) is 9.62. The highest BCUT2D eigenvalue weighted by Gasteiger charge is 2.34. The Balaban J connectivity index is 1.86. The van der Waals surface area contributed by atoms with Crippen LogP contribution in [0, 0.1) is 11.3 Å². The Labute approximate surface area is 157 Å². The topological polar surface area (TPSA) is 86.8 Å². The van der Waals surface area contributed by atoms with Crippen LogP contribution in [-0.4, -0.2) is 67.4 Å². The molecule has 0 aromatic rings. The Bertz CT molecular complexity index is 619. The zero-order chi connectivity index (χ0) is 19.5. The summed E-state index contributed by atoms with van der Waals surface area (Å²) < 4.78 is 25.3. The number of carbonyl (C=O) groups excluding carboxylic acids is 2. The number of nitrogens with one attached hydrogen (secondary N) is 1. The Morgan fingerprint density at radius 2 is 1.69 bits per heavy atom. The maximum absolute atomic E-state index is 12.6. The highest BCUT2D eigenvalue weighted by Crippen LogP contribution is 2.24. The molecular weight excluding hydrogens is 354 g/mol. The van der Waals surface area contributed by atoms with Crippen LogP contribution in [0.15, 0.2) is 0 Å². The second-order valence-electron chi connectivity index (χ2n) is 8.42. The summed E-state index contributed by atoms with van der Waals surface area (Å²) in [5, 5.41) is 3.08. The molecule has 0 spiro atoms. The fourth-order valence-electron chi connectivity index (χ4n) is 3.63. The minimum absolute atomic E-state index is 0.00629. The van der Waals surface area contributed by atoms with Crippen molar-refractivity contribution in [2.24, 2.45) is 11.3 Å². The highest BCUT2D eigenvalue weighted by atomic mass is 32.2. The average molecular weight is 388 g/mol. The summed E-state index contributed by atoms with van der Waals surface area (Å²) in [5.41, 5.74) is -0.435. The van der Waals surface area contributed by atoms with Crippen molar-refractivity contribution in [2.75, 3.05) is 31.9 Å². The summed E-state index contributed by atoms with van der Waals surface area (Å²) >= 11 is 0. The van der Waals surface area contributed by atoms with Gasteiger partial charge in [0.15, 0.2) is 0 Å². The van der Waals surface area contributed by atoms with Crippen molar-refractivity contribution in [3.05, 3.63) is 0 Å². The van der Waals surface area contributed by atoms with E-state index in [0.717, 1.165) is 12.8 Å². The average Bonchev–Trinajstić information content (AvgIpc) is 2.60. The van der Waals surface area contributed by atoms with Crippen LogP contribution in [0.25, 0.3) is 0 Å². The number of hydrogen-bond acceptors (Lipinski definition) is 4. The van der Waals surface area contributed by atoms with Crippen molar-refractivity contribution in [3.63, 3.8) is 0 Å². The number of nitrogens with zero attached hydrogens (tertiary/aromatic N) is 2. The summed E-state index contributed by atoms with van der Waals surface area (Å²) in [6, 6.07) is 0.0134. The lowest BCUT2D eigenvalue weighted by atomic mass is 9.90. The van der Waals surface area contributed by atoms with E-state index in [-0.39, 0.29) is 29.5 Å². The van der Waals surface area contributed by atoms with Crippen molar-refractivity contribution >= 4 is 21.8 Å². The standard InChI is InChI=1S/C18H33N3O4S/c1-5-26(24,25)21-11-8-15(9-12-21)19-16(22)14-7-6-10-20(13-14)17(23)18(2,3)4/h14-15H,5-13H2,1-4H3,(H,19,22). The van der Waals surface area contributed by atoms with E-state index in [1.165, 1.54) is 4.31 Å². The number of sulfonamides is 1. The predicted octanol–water partition coefficient (Wildman–Crippen LogP) is 1.20. The molecule has 1 atom stereocenters. The van der Waals surface area contributed by atoms with Crippen molar-refractivity contribution in [1.29, 1.82) is 0 Å². The lowest BCUT2D eigenvalue weighted by Gasteiger charge is -2.37. The van der Waals surface area contributed by atoms with Crippen LogP contribution in [0.1, 0.15) is 53.4 Å². The minimum Gasteiger partial charge on any atom is -0.353 e. The molecule has 7 nitrogen and oxygen atoms in total. The molecule has 0 aromatic heterocycles. The molecule has 2 rings (SSSR count). The summed E-state index contributed by atoms with van der Waals surface area (Å²) in [6.07, 6.45) is 2.92. The molecule has 2 fully saturated rings. The first-order chi connectivity index (χ1) is 12.0. The highest BCUT2D eigenvalue weighted by molar-refractivity contribution is 7.89. The SMILES string of the molecule is CCS(=O)(=O)N1CCC(NC(=O)C2CCCN(C(=O)C(C)(C)C)C2)CC1. The summed E-state index contributed by atoms with van der Waals surface area (Å²) in [7, 11) is -3.15. The maximum atomic E-state index is 12.6. The van der Waals surface area contributed by atoms with E-state index in [9.17, 15) is 18.0 Å². The van der Waals surface area contributed by atoms with Gasteiger partial charge in [0.05, 0.1) is 11.7 Å². The van der Waals surface area contributed by atoms with E-state index in [2.05, 4.69) is 5.32 Å². The second-order valence-corrected chi connectivity index (χ2v) is 10.7. The van der Waals surface area contributed by atoms with Crippen LogP contribution < -0.4 is 5.32 Å². The van der Waals surface area contributed by atoms with Crippen LogP contribution >= 0.6 is 0 Å². The molecule has 1 N–H and O–H groups in total. The lowest BCUT2D eigenvalue weighted by molar-refractivity contribution is -0.143. The van der Waals surface area contributed by atoms with Gasteiger partial charge < -0.3 is 10.2 Å². The molecule has 0 radical (unpaired) electrons. The Morgan fingerprint density at radius 1 is 1.08 bits per heavy atom.